The van der Waals surface area contributed by atoms with Crippen molar-refractivity contribution >= 4 is 28.9 Å². The number of hydrogen-bond donors (Lipinski definition) is 2. The highest BCUT2D eigenvalue weighted by molar-refractivity contribution is 7.15. The van der Waals surface area contributed by atoms with Crippen LogP contribution in [0.5, 0.6) is 0 Å². The van der Waals surface area contributed by atoms with Crippen LogP contribution >= 0.6 is 11.3 Å². The molecule has 0 fully saturated rings. The van der Waals surface area contributed by atoms with E-state index in [1.807, 2.05) is 26.0 Å². The van der Waals surface area contributed by atoms with E-state index in [1.54, 1.807) is 18.2 Å². The summed E-state index contributed by atoms with van der Waals surface area (Å²) in [5.41, 5.74) is 7.13. The van der Waals surface area contributed by atoms with Crippen LogP contribution in [0.3, 0.4) is 0 Å². The van der Waals surface area contributed by atoms with Crippen LogP contribution in [0.1, 0.15) is 47.8 Å². The summed E-state index contributed by atoms with van der Waals surface area (Å²) in [4.78, 5) is 36.1. The molecule has 0 unspecified atom stereocenters. The van der Waals surface area contributed by atoms with E-state index in [0.717, 1.165) is 22.5 Å². The van der Waals surface area contributed by atoms with Crippen LogP contribution in [-0.4, -0.2) is 17.6 Å². The summed E-state index contributed by atoms with van der Waals surface area (Å²) in [6.07, 6.45) is 0. The molecule has 1 aromatic carbocycles. The lowest BCUT2D eigenvalue weighted by atomic mass is 10.1. The summed E-state index contributed by atoms with van der Waals surface area (Å²) >= 11 is 1.09. The van der Waals surface area contributed by atoms with Crippen LogP contribution < -0.4 is 10.9 Å². The molecular weight excluding hydrogens is 300 g/mol. The van der Waals surface area contributed by atoms with Gasteiger partial charge >= 0.3 is 0 Å². The number of amides is 2. The fourth-order valence-electron chi connectivity index (χ4n) is 1.96. The molecule has 0 radical (unpaired) electrons. The van der Waals surface area contributed by atoms with Gasteiger partial charge in [0, 0.05) is 5.56 Å². The van der Waals surface area contributed by atoms with Crippen molar-refractivity contribution in [3.63, 3.8) is 0 Å². The van der Waals surface area contributed by atoms with Crippen LogP contribution in [0.4, 0.5) is 0 Å². The molecule has 1 heterocycles. The van der Waals surface area contributed by atoms with E-state index in [-0.39, 0.29) is 11.7 Å². The molecule has 0 aliphatic heterocycles. The van der Waals surface area contributed by atoms with Crippen LogP contribution in [0, 0.1) is 13.8 Å². The Morgan fingerprint density at radius 2 is 1.55 bits per heavy atom. The van der Waals surface area contributed by atoms with Gasteiger partial charge < -0.3 is 0 Å². The molecule has 2 amide bonds. The highest BCUT2D eigenvalue weighted by Gasteiger charge is 2.13. The fourth-order valence-corrected chi connectivity index (χ4v) is 2.76. The van der Waals surface area contributed by atoms with Gasteiger partial charge in [-0.15, -0.1) is 11.3 Å². The maximum atomic E-state index is 12.0. The number of hydrazine groups is 1. The Bertz CT molecular complexity index is 750. The molecule has 0 aliphatic rings. The Morgan fingerprint density at radius 1 is 0.909 bits per heavy atom. The largest absolute Gasteiger partial charge is 0.294 e. The lowest BCUT2D eigenvalue weighted by molar-refractivity contribution is 0.0848. The molecule has 0 bridgehead atoms. The summed E-state index contributed by atoms with van der Waals surface area (Å²) in [6, 6.07) is 8.59. The van der Waals surface area contributed by atoms with E-state index in [0.29, 0.717) is 15.3 Å². The first-order chi connectivity index (χ1) is 10.4. The summed E-state index contributed by atoms with van der Waals surface area (Å²) in [7, 11) is 0. The molecule has 22 heavy (non-hydrogen) atoms. The van der Waals surface area contributed by atoms with Gasteiger partial charge in [0.15, 0.2) is 5.78 Å². The van der Waals surface area contributed by atoms with Crippen molar-refractivity contribution in [2.75, 3.05) is 0 Å². The molecule has 0 saturated heterocycles. The van der Waals surface area contributed by atoms with E-state index in [2.05, 4.69) is 10.9 Å². The molecule has 0 saturated carbocycles. The highest BCUT2D eigenvalue weighted by atomic mass is 32.1. The van der Waals surface area contributed by atoms with Gasteiger partial charge in [-0.2, -0.15) is 0 Å². The number of rotatable bonds is 3. The topological polar surface area (TPSA) is 75.3 Å². The minimum absolute atomic E-state index is 0.0941. The predicted molar refractivity (Wildman–Crippen MR) is 85.2 cm³/mol. The maximum Gasteiger partial charge on any atom is 0.279 e. The van der Waals surface area contributed by atoms with Crippen molar-refractivity contribution in [3.05, 3.63) is 56.8 Å². The van der Waals surface area contributed by atoms with Crippen molar-refractivity contribution in [1.82, 2.24) is 10.9 Å². The zero-order valence-electron chi connectivity index (χ0n) is 12.5. The lowest BCUT2D eigenvalue weighted by Gasteiger charge is -2.09. The minimum Gasteiger partial charge on any atom is -0.294 e. The van der Waals surface area contributed by atoms with Gasteiger partial charge in [0.1, 0.15) is 0 Å². The van der Waals surface area contributed by atoms with Crippen molar-refractivity contribution in [2.24, 2.45) is 0 Å². The van der Waals surface area contributed by atoms with Gasteiger partial charge in [-0.3, -0.25) is 25.2 Å². The van der Waals surface area contributed by atoms with Gasteiger partial charge in [-0.05, 0) is 44.5 Å². The molecule has 6 heteroatoms. The quantitative estimate of drug-likeness (QED) is 0.675. The molecule has 0 aliphatic carbocycles. The second-order valence-corrected chi connectivity index (χ2v) is 6.03. The van der Waals surface area contributed by atoms with Crippen molar-refractivity contribution in [3.8, 4) is 0 Å². The number of carbonyl (C=O) groups is 3. The first kappa shape index (κ1) is 15.9. The average molecular weight is 316 g/mol. The molecule has 114 valence electrons. The molecule has 5 nitrogen and oxygen atoms in total. The van der Waals surface area contributed by atoms with Gasteiger partial charge in [-0.25, -0.2) is 0 Å². The Labute approximate surface area is 132 Å². The highest BCUT2D eigenvalue weighted by Crippen LogP contribution is 2.16. The van der Waals surface area contributed by atoms with Crippen molar-refractivity contribution in [2.45, 2.75) is 20.8 Å². The van der Waals surface area contributed by atoms with E-state index in [9.17, 15) is 14.4 Å². The SMILES string of the molecule is CC(=O)c1ccc(C(=O)NNC(=O)c2ccc(C)cc2C)s1. The summed E-state index contributed by atoms with van der Waals surface area (Å²) in [5.74, 6) is -0.923. The number of thiophene rings is 1. The van der Waals surface area contributed by atoms with Crippen molar-refractivity contribution < 1.29 is 14.4 Å². The molecular formula is C16H16N2O3S. The minimum atomic E-state index is -0.449. The Balaban J connectivity index is 2.01. The zero-order valence-corrected chi connectivity index (χ0v) is 13.3. The number of ketones is 1. The summed E-state index contributed by atoms with van der Waals surface area (Å²) in [6.45, 7) is 5.22. The first-order valence-electron chi connectivity index (χ1n) is 6.67. The lowest BCUT2D eigenvalue weighted by Crippen LogP contribution is -2.41. The number of Topliss-reactive ketones (excluding diaryl/α,β-unsaturated/α-hetero) is 1. The normalized spacial score (nSPS) is 10.1. The second-order valence-electron chi connectivity index (χ2n) is 4.95. The zero-order chi connectivity index (χ0) is 16.3. The molecule has 0 spiro atoms. The van der Waals surface area contributed by atoms with Crippen LogP contribution in [0.25, 0.3) is 0 Å². The smallest absolute Gasteiger partial charge is 0.279 e. The molecule has 0 atom stereocenters. The molecule has 2 N–H and O–H groups in total. The Hall–Kier alpha value is -2.47. The van der Waals surface area contributed by atoms with Crippen LogP contribution in [0.15, 0.2) is 30.3 Å². The number of carbonyl (C=O) groups excluding carboxylic acids is 3. The molecule has 2 rings (SSSR count). The number of hydrogen-bond acceptors (Lipinski definition) is 4. The molecule has 1 aromatic heterocycles. The van der Waals surface area contributed by atoms with Gasteiger partial charge in [0.25, 0.3) is 11.8 Å². The number of aryl methyl sites for hydroxylation is 2. The standard InChI is InChI=1S/C16H16N2O3S/c1-9-4-5-12(10(2)8-9)15(20)17-18-16(21)14-7-6-13(22-14)11(3)19/h4-8H,1-3H3,(H,17,20)(H,18,21). The predicted octanol–water partition coefficient (Wildman–Crippen LogP) is 2.64. The Kier molecular flexibility index (Phi) is 4.72. The third-order valence-corrected chi connectivity index (χ3v) is 4.28. The fraction of sp³-hybridized carbons (Fsp3) is 0.188. The number of benzene rings is 1. The van der Waals surface area contributed by atoms with Crippen LogP contribution in [-0.2, 0) is 0 Å². The van der Waals surface area contributed by atoms with E-state index in [4.69, 9.17) is 0 Å². The third kappa shape index (κ3) is 3.59. The van der Waals surface area contributed by atoms with E-state index < -0.39 is 5.91 Å². The average Bonchev–Trinajstić information content (AvgIpc) is 2.94. The van der Waals surface area contributed by atoms with Crippen molar-refractivity contribution in [1.29, 1.82) is 0 Å². The third-order valence-electron chi connectivity index (χ3n) is 3.09. The van der Waals surface area contributed by atoms with E-state index in [1.165, 1.54) is 6.92 Å². The van der Waals surface area contributed by atoms with Gasteiger partial charge in [0.05, 0.1) is 9.75 Å². The number of nitrogens with one attached hydrogen (secondary N) is 2. The summed E-state index contributed by atoms with van der Waals surface area (Å²) in [5, 5.41) is 0. The monoisotopic (exact) mass is 316 g/mol. The Morgan fingerprint density at radius 3 is 2.14 bits per heavy atom. The molecule has 2 aromatic rings. The van der Waals surface area contributed by atoms with Crippen LogP contribution in [0.2, 0.25) is 0 Å². The van der Waals surface area contributed by atoms with Gasteiger partial charge in [-0.1, -0.05) is 17.7 Å². The first-order valence-corrected chi connectivity index (χ1v) is 7.49. The second kappa shape index (κ2) is 6.53. The maximum absolute atomic E-state index is 12.0. The summed E-state index contributed by atoms with van der Waals surface area (Å²) < 4.78 is 0. The van der Waals surface area contributed by atoms with E-state index >= 15 is 0 Å². The van der Waals surface area contributed by atoms with Gasteiger partial charge in [0.2, 0.25) is 0 Å².